The van der Waals surface area contributed by atoms with E-state index in [9.17, 15) is 9.59 Å². The molecule has 0 aromatic rings. The highest BCUT2D eigenvalue weighted by atomic mass is 79.9. The van der Waals surface area contributed by atoms with Crippen LogP contribution in [0.2, 0.25) is 0 Å². The molecule has 0 aliphatic carbocycles. The van der Waals surface area contributed by atoms with Crippen molar-refractivity contribution in [3.63, 3.8) is 0 Å². The highest BCUT2D eigenvalue weighted by molar-refractivity contribution is 9.10. The number of carbonyl (C=O) groups is 2. The van der Waals surface area contributed by atoms with Gasteiger partial charge in [0.25, 0.3) is 0 Å². The van der Waals surface area contributed by atoms with Crippen LogP contribution in [0.3, 0.4) is 0 Å². The van der Waals surface area contributed by atoms with Crippen molar-refractivity contribution in [1.82, 2.24) is 4.90 Å². The van der Waals surface area contributed by atoms with Crippen molar-refractivity contribution in [1.29, 1.82) is 0 Å². The van der Waals surface area contributed by atoms with Crippen molar-refractivity contribution >= 4 is 27.6 Å². The first-order valence-electron chi connectivity index (χ1n) is 2.82. The number of rotatable bonds is 2. The molecule has 0 radical (unpaired) electrons. The molecule has 0 saturated carbocycles. The third-order valence-electron chi connectivity index (χ3n) is 1.01. The van der Waals surface area contributed by atoms with Crippen LogP contribution in [0.1, 0.15) is 6.92 Å². The average Bonchev–Trinajstić information content (AvgIpc) is 1.84. The summed E-state index contributed by atoms with van der Waals surface area (Å²) in [6.07, 6.45) is 0. The molecule has 58 valence electrons. The summed E-state index contributed by atoms with van der Waals surface area (Å²) >= 11 is 2.97. The topological polar surface area (TPSA) is 37.4 Å². The number of Topliss-reactive ketones (excluding diaryl/α,β-unsaturated/α-hetero) is 1. The van der Waals surface area contributed by atoms with Gasteiger partial charge in [-0.3, -0.25) is 9.59 Å². The maximum Gasteiger partial charge on any atom is 0.243 e. The number of carbonyl (C=O) groups excluding carboxylic acids is 2. The van der Waals surface area contributed by atoms with Crippen molar-refractivity contribution in [2.75, 3.05) is 14.1 Å². The van der Waals surface area contributed by atoms with Crippen LogP contribution in [0.15, 0.2) is 0 Å². The molecule has 3 nitrogen and oxygen atoms in total. The van der Waals surface area contributed by atoms with E-state index in [-0.39, 0.29) is 11.7 Å². The second kappa shape index (κ2) is 3.71. The van der Waals surface area contributed by atoms with Crippen molar-refractivity contribution in [3.8, 4) is 0 Å². The van der Waals surface area contributed by atoms with Crippen LogP contribution >= 0.6 is 15.9 Å². The van der Waals surface area contributed by atoms with Gasteiger partial charge in [-0.1, -0.05) is 15.9 Å². The summed E-state index contributed by atoms with van der Waals surface area (Å²) in [6.45, 7) is 1.38. The van der Waals surface area contributed by atoms with Gasteiger partial charge in [0.05, 0.1) is 0 Å². The zero-order chi connectivity index (χ0) is 8.31. The third-order valence-corrected chi connectivity index (χ3v) is 2.05. The number of nitrogens with zero attached hydrogens (tertiary/aromatic N) is 1. The van der Waals surface area contributed by atoms with Crippen molar-refractivity contribution < 1.29 is 9.59 Å². The molecule has 0 spiro atoms. The Bertz CT molecular complexity index is 156. The lowest BCUT2D eigenvalue weighted by molar-refractivity contribution is -0.131. The van der Waals surface area contributed by atoms with E-state index in [0.29, 0.717) is 0 Å². The standard InChI is InChI=1S/C6H10BrNO2/c1-4(9)5(7)6(10)8(2)3/h5H,1-3H3. The Kier molecular flexibility index (Phi) is 3.57. The Morgan fingerprint density at radius 2 is 1.80 bits per heavy atom. The van der Waals surface area contributed by atoms with Crippen LogP contribution in [0.5, 0.6) is 0 Å². The van der Waals surface area contributed by atoms with Crippen LogP contribution in [-0.2, 0) is 9.59 Å². The Balaban J connectivity index is 4.08. The predicted octanol–water partition coefficient (Wildman–Crippen LogP) is 0.427. The molecule has 0 rings (SSSR count). The normalized spacial score (nSPS) is 12.4. The molecule has 0 heterocycles. The molecule has 0 N–H and O–H groups in total. The van der Waals surface area contributed by atoms with E-state index < -0.39 is 4.83 Å². The smallest absolute Gasteiger partial charge is 0.243 e. The lowest BCUT2D eigenvalue weighted by Crippen LogP contribution is -2.33. The number of amides is 1. The zero-order valence-electron chi connectivity index (χ0n) is 6.22. The lowest BCUT2D eigenvalue weighted by Gasteiger charge is -2.12. The highest BCUT2D eigenvalue weighted by Crippen LogP contribution is 2.03. The van der Waals surface area contributed by atoms with Crippen LogP contribution in [0.25, 0.3) is 0 Å². The Morgan fingerprint density at radius 1 is 1.40 bits per heavy atom. The Morgan fingerprint density at radius 3 is 1.90 bits per heavy atom. The van der Waals surface area contributed by atoms with Crippen molar-refractivity contribution in [3.05, 3.63) is 0 Å². The maximum atomic E-state index is 10.9. The van der Waals surface area contributed by atoms with Gasteiger partial charge in [-0.15, -0.1) is 0 Å². The average molecular weight is 208 g/mol. The van der Waals surface area contributed by atoms with E-state index in [1.54, 1.807) is 14.1 Å². The van der Waals surface area contributed by atoms with Gasteiger partial charge in [-0.05, 0) is 6.92 Å². The van der Waals surface area contributed by atoms with E-state index in [1.807, 2.05) is 0 Å². The first-order chi connectivity index (χ1) is 4.46. The summed E-state index contributed by atoms with van der Waals surface area (Å²) in [7, 11) is 3.22. The van der Waals surface area contributed by atoms with Gasteiger partial charge in [0.2, 0.25) is 5.91 Å². The molecule has 0 bridgehead atoms. The van der Waals surface area contributed by atoms with E-state index >= 15 is 0 Å². The molecule has 1 amide bonds. The van der Waals surface area contributed by atoms with Crippen molar-refractivity contribution in [2.24, 2.45) is 0 Å². The van der Waals surface area contributed by atoms with Gasteiger partial charge in [0, 0.05) is 14.1 Å². The SMILES string of the molecule is CC(=O)C(Br)C(=O)N(C)C. The highest BCUT2D eigenvalue weighted by Gasteiger charge is 2.20. The van der Waals surface area contributed by atoms with Crippen LogP contribution in [-0.4, -0.2) is 35.5 Å². The second-order valence-electron chi connectivity index (χ2n) is 2.21. The molecule has 0 aliphatic rings. The van der Waals surface area contributed by atoms with E-state index in [2.05, 4.69) is 15.9 Å². The molecular weight excluding hydrogens is 198 g/mol. The van der Waals surface area contributed by atoms with Crippen LogP contribution in [0, 0.1) is 0 Å². The summed E-state index contributed by atoms with van der Waals surface area (Å²) in [4.78, 5) is 22.2. The van der Waals surface area contributed by atoms with E-state index in [4.69, 9.17) is 0 Å². The summed E-state index contributed by atoms with van der Waals surface area (Å²) in [5, 5.41) is 0. The second-order valence-corrected chi connectivity index (χ2v) is 3.12. The first kappa shape index (κ1) is 9.62. The van der Waals surface area contributed by atoms with Gasteiger partial charge < -0.3 is 4.90 Å². The summed E-state index contributed by atoms with van der Waals surface area (Å²) in [5.41, 5.74) is 0. The first-order valence-corrected chi connectivity index (χ1v) is 3.74. The predicted molar refractivity (Wildman–Crippen MR) is 42.1 cm³/mol. The Labute approximate surface area is 68.5 Å². The molecule has 0 fully saturated rings. The lowest BCUT2D eigenvalue weighted by atomic mass is 10.3. The van der Waals surface area contributed by atoms with Crippen LogP contribution < -0.4 is 0 Å². The van der Waals surface area contributed by atoms with Crippen LogP contribution in [0.4, 0.5) is 0 Å². The number of alkyl halides is 1. The fraction of sp³-hybridized carbons (Fsp3) is 0.667. The fourth-order valence-corrected chi connectivity index (χ4v) is 0.810. The molecule has 10 heavy (non-hydrogen) atoms. The number of hydrogen-bond acceptors (Lipinski definition) is 2. The van der Waals surface area contributed by atoms with E-state index in [0.717, 1.165) is 0 Å². The minimum Gasteiger partial charge on any atom is -0.347 e. The molecule has 1 unspecified atom stereocenters. The molecular formula is C6H10BrNO2. The summed E-state index contributed by atoms with van der Waals surface area (Å²) in [5.74, 6) is -0.383. The molecule has 4 heteroatoms. The molecule has 1 atom stereocenters. The number of ketones is 1. The minimum absolute atomic E-state index is 0.168. The van der Waals surface area contributed by atoms with Gasteiger partial charge in [-0.25, -0.2) is 0 Å². The van der Waals surface area contributed by atoms with Gasteiger partial charge in [0.1, 0.15) is 0 Å². The molecule has 0 aromatic carbocycles. The molecule has 0 aromatic heterocycles. The van der Waals surface area contributed by atoms with E-state index in [1.165, 1.54) is 11.8 Å². The van der Waals surface area contributed by atoms with Crippen molar-refractivity contribution in [2.45, 2.75) is 11.8 Å². The maximum absolute atomic E-state index is 10.9. The minimum atomic E-state index is -0.678. The molecule has 0 aliphatic heterocycles. The van der Waals surface area contributed by atoms with Gasteiger partial charge in [-0.2, -0.15) is 0 Å². The summed E-state index contributed by atoms with van der Waals surface area (Å²) < 4.78 is 0. The number of hydrogen-bond donors (Lipinski definition) is 0. The van der Waals surface area contributed by atoms with Gasteiger partial charge >= 0.3 is 0 Å². The largest absolute Gasteiger partial charge is 0.347 e. The quantitative estimate of drug-likeness (QED) is 0.487. The Hall–Kier alpha value is -0.380. The number of halogens is 1. The van der Waals surface area contributed by atoms with Gasteiger partial charge in [0.15, 0.2) is 10.6 Å². The fourth-order valence-electron chi connectivity index (χ4n) is 0.401. The summed E-state index contributed by atoms with van der Waals surface area (Å²) in [6, 6.07) is 0. The monoisotopic (exact) mass is 207 g/mol. The third kappa shape index (κ3) is 2.47. The molecule has 0 saturated heterocycles. The zero-order valence-corrected chi connectivity index (χ0v) is 7.81.